The Morgan fingerprint density at radius 3 is 2.52 bits per heavy atom. The molecule has 6 nitrogen and oxygen atoms in total. The fourth-order valence-electron chi connectivity index (χ4n) is 3.81. The minimum Gasteiger partial charge on any atom is -0.493 e. The molecule has 0 saturated carbocycles. The molecule has 2 aromatic carbocycles. The highest BCUT2D eigenvalue weighted by atomic mass is 16.5. The lowest BCUT2D eigenvalue weighted by molar-refractivity contribution is 0.104. The first kappa shape index (κ1) is 20.7. The lowest BCUT2D eigenvalue weighted by Gasteiger charge is -2.19. The highest BCUT2D eigenvalue weighted by Gasteiger charge is 2.36. The average molecular weight is 418 g/mol. The van der Waals surface area contributed by atoms with Crippen LogP contribution in [0.2, 0.25) is 0 Å². The first-order valence-corrected chi connectivity index (χ1v) is 10.5. The van der Waals surface area contributed by atoms with Gasteiger partial charge in [-0.15, -0.1) is 0 Å². The van der Waals surface area contributed by atoms with Gasteiger partial charge in [0.1, 0.15) is 23.4 Å². The number of nitrogens with two attached hydrogens (primary N) is 1. The number of anilines is 1. The summed E-state index contributed by atoms with van der Waals surface area (Å²) in [6.07, 6.45) is 2.27. The van der Waals surface area contributed by atoms with Gasteiger partial charge in [-0.05, 0) is 38.5 Å². The summed E-state index contributed by atoms with van der Waals surface area (Å²) >= 11 is 0. The number of nitrogen functional groups attached to an aromatic ring is 1. The molecular weight excluding hydrogens is 392 g/mol. The molecule has 1 atom stereocenters. The molecule has 6 heteroatoms. The smallest absolute Gasteiger partial charge is 0.196 e. The van der Waals surface area contributed by atoms with Gasteiger partial charge in [0.05, 0.1) is 30.2 Å². The van der Waals surface area contributed by atoms with Crippen LogP contribution in [-0.4, -0.2) is 24.0 Å². The Labute approximate surface area is 182 Å². The van der Waals surface area contributed by atoms with Crippen molar-refractivity contribution < 1.29 is 19.0 Å². The number of ketones is 1. The Balaban J connectivity index is 1.86. The van der Waals surface area contributed by atoms with Crippen molar-refractivity contribution in [3.63, 3.8) is 0 Å². The number of hydrogen-bond donors (Lipinski definition) is 1. The molecule has 1 aliphatic carbocycles. The molecule has 0 aliphatic heterocycles. The molecule has 0 radical (unpaired) electrons. The average Bonchev–Trinajstić information content (AvgIpc) is 3.09. The highest BCUT2D eigenvalue weighted by Crippen LogP contribution is 2.52. The SMILES string of the molecule is CCCOc1cc(OCC)c(N)c2c1-c1c(OC(C)c3ccccn3)cccc1C2=O. The fourth-order valence-corrected chi connectivity index (χ4v) is 3.81. The number of pyridine rings is 1. The second-order valence-corrected chi connectivity index (χ2v) is 7.34. The van der Waals surface area contributed by atoms with Gasteiger partial charge < -0.3 is 19.9 Å². The summed E-state index contributed by atoms with van der Waals surface area (Å²) in [6.45, 7) is 6.79. The predicted molar refractivity (Wildman–Crippen MR) is 120 cm³/mol. The number of nitrogens with zero attached hydrogens (tertiary/aromatic N) is 1. The topological polar surface area (TPSA) is 83.7 Å². The fraction of sp³-hybridized carbons (Fsp3) is 0.280. The van der Waals surface area contributed by atoms with Crippen molar-refractivity contribution in [2.75, 3.05) is 18.9 Å². The van der Waals surface area contributed by atoms with Crippen LogP contribution >= 0.6 is 0 Å². The summed E-state index contributed by atoms with van der Waals surface area (Å²) in [4.78, 5) is 17.7. The van der Waals surface area contributed by atoms with E-state index in [1.807, 2.05) is 51.1 Å². The first-order valence-electron chi connectivity index (χ1n) is 10.5. The van der Waals surface area contributed by atoms with Crippen molar-refractivity contribution in [3.05, 3.63) is 65.5 Å². The maximum absolute atomic E-state index is 13.3. The van der Waals surface area contributed by atoms with E-state index in [-0.39, 0.29) is 11.9 Å². The zero-order chi connectivity index (χ0) is 22.0. The van der Waals surface area contributed by atoms with E-state index in [0.29, 0.717) is 58.4 Å². The van der Waals surface area contributed by atoms with E-state index in [4.69, 9.17) is 19.9 Å². The molecule has 0 spiro atoms. The second kappa shape index (κ2) is 8.68. The zero-order valence-electron chi connectivity index (χ0n) is 18.0. The Morgan fingerprint density at radius 2 is 1.81 bits per heavy atom. The van der Waals surface area contributed by atoms with E-state index < -0.39 is 0 Å². The number of ether oxygens (including phenoxy) is 3. The Morgan fingerprint density at radius 1 is 0.968 bits per heavy atom. The summed E-state index contributed by atoms with van der Waals surface area (Å²) in [5, 5.41) is 0. The van der Waals surface area contributed by atoms with Crippen LogP contribution in [0.15, 0.2) is 48.7 Å². The molecule has 0 saturated heterocycles. The number of rotatable bonds is 8. The van der Waals surface area contributed by atoms with Crippen LogP contribution in [0.3, 0.4) is 0 Å². The van der Waals surface area contributed by atoms with Crippen LogP contribution < -0.4 is 19.9 Å². The minimum atomic E-state index is -0.299. The number of aromatic nitrogens is 1. The Hall–Kier alpha value is -3.54. The summed E-state index contributed by atoms with van der Waals surface area (Å²) in [7, 11) is 0. The zero-order valence-corrected chi connectivity index (χ0v) is 18.0. The molecule has 1 heterocycles. The largest absolute Gasteiger partial charge is 0.493 e. The van der Waals surface area contributed by atoms with Gasteiger partial charge in [-0.25, -0.2) is 0 Å². The number of carbonyl (C=O) groups excluding carboxylic acids is 1. The molecule has 1 aromatic heterocycles. The molecule has 1 unspecified atom stereocenters. The second-order valence-electron chi connectivity index (χ2n) is 7.34. The number of carbonyl (C=O) groups is 1. The summed E-state index contributed by atoms with van der Waals surface area (Å²) in [5.74, 6) is 1.47. The van der Waals surface area contributed by atoms with Crippen LogP contribution in [-0.2, 0) is 0 Å². The first-order chi connectivity index (χ1) is 15.1. The van der Waals surface area contributed by atoms with Gasteiger partial charge in [0.2, 0.25) is 0 Å². The van der Waals surface area contributed by atoms with Gasteiger partial charge in [-0.3, -0.25) is 9.78 Å². The van der Waals surface area contributed by atoms with Gasteiger partial charge in [-0.1, -0.05) is 25.1 Å². The van der Waals surface area contributed by atoms with Crippen molar-refractivity contribution in [3.8, 4) is 28.4 Å². The van der Waals surface area contributed by atoms with Gasteiger partial charge in [0.15, 0.2) is 5.78 Å². The maximum atomic E-state index is 13.3. The van der Waals surface area contributed by atoms with Crippen LogP contribution in [0.5, 0.6) is 17.2 Å². The number of fused-ring (bicyclic) bond motifs is 3. The quantitative estimate of drug-likeness (QED) is 0.396. The molecule has 0 bridgehead atoms. The Kier molecular flexibility index (Phi) is 5.80. The summed E-state index contributed by atoms with van der Waals surface area (Å²) in [6, 6.07) is 12.9. The van der Waals surface area contributed by atoms with E-state index in [1.54, 1.807) is 18.3 Å². The van der Waals surface area contributed by atoms with Crippen molar-refractivity contribution in [2.45, 2.75) is 33.3 Å². The third kappa shape index (κ3) is 3.69. The Bertz CT molecular complexity index is 1110. The number of benzene rings is 2. The van der Waals surface area contributed by atoms with Crippen molar-refractivity contribution in [1.29, 1.82) is 0 Å². The molecule has 1 aliphatic rings. The minimum absolute atomic E-state index is 0.152. The summed E-state index contributed by atoms with van der Waals surface area (Å²) < 4.78 is 18.0. The third-order valence-electron chi connectivity index (χ3n) is 5.21. The number of hydrogen-bond acceptors (Lipinski definition) is 6. The van der Waals surface area contributed by atoms with Crippen molar-refractivity contribution >= 4 is 11.5 Å². The molecule has 31 heavy (non-hydrogen) atoms. The van der Waals surface area contributed by atoms with Crippen LogP contribution in [0.4, 0.5) is 5.69 Å². The third-order valence-corrected chi connectivity index (χ3v) is 5.21. The molecule has 3 aromatic rings. The van der Waals surface area contributed by atoms with E-state index in [1.165, 1.54) is 0 Å². The molecular formula is C25H26N2O4. The molecule has 160 valence electrons. The van der Waals surface area contributed by atoms with E-state index in [0.717, 1.165) is 12.1 Å². The van der Waals surface area contributed by atoms with E-state index >= 15 is 0 Å². The van der Waals surface area contributed by atoms with Gasteiger partial charge in [0, 0.05) is 29.0 Å². The van der Waals surface area contributed by atoms with Crippen molar-refractivity contribution in [2.24, 2.45) is 0 Å². The van der Waals surface area contributed by atoms with E-state index in [2.05, 4.69) is 4.98 Å². The van der Waals surface area contributed by atoms with Crippen LogP contribution in [0, 0.1) is 0 Å². The maximum Gasteiger partial charge on any atom is 0.196 e. The molecule has 4 rings (SSSR count). The lowest BCUT2D eigenvalue weighted by atomic mass is 10.0. The van der Waals surface area contributed by atoms with Gasteiger partial charge in [-0.2, -0.15) is 0 Å². The van der Waals surface area contributed by atoms with Gasteiger partial charge in [0.25, 0.3) is 0 Å². The molecule has 0 fully saturated rings. The van der Waals surface area contributed by atoms with Crippen molar-refractivity contribution in [1.82, 2.24) is 4.98 Å². The van der Waals surface area contributed by atoms with E-state index in [9.17, 15) is 4.79 Å². The monoisotopic (exact) mass is 418 g/mol. The predicted octanol–water partition coefficient (Wildman–Crippen LogP) is 5.20. The normalized spacial score (nSPS) is 12.8. The summed E-state index contributed by atoms with van der Waals surface area (Å²) in [5.41, 5.74) is 9.83. The standard InChI is InChI=1S/C25H26N2O4/c1-4-13-30-19-14-20(29-5-2)24(26)23-22(19)21-16(25(23)28)9-8-11-18(21)31-15(3)17-10-6-7-12-27-17/h6-12,14-15H,4-5,13,26H2,1-3H3. The van der Waals surface area contributed by atoms with Crippen LogP contribution in [0.25, 0.3) is 11.1 Å². The van der Waals surface area contributed by atoms with Gasteiger partial charge >= 0.3 is 0 Å². The molecule has 0 amide bonds. The lowest BCUT2D eigenvalue weighted by Crippen LogP contribution is -2.07. The highest BCUT2D eigenvalue weighted by molar-refractivity contribution is 6.26. The molecule has 2 N–H and O–H groups in total. The van der Waals surface area contributed by atoms with Crippen LogP contribution in [0.1, 0.15) is 54.9 Å².